The Hall–Kier alpha value is -2.17. The Morgan fingerprint density at radius 2 is 1.89 bits per heavy atom. The molecule has 0 atom stereocenters. The van der Waals surface area contributed by atoms with Crippen LogP contribution in [-0.4, -0.2) is 29.4 Å². The van der Waals surface area contributed by atoms with E-state index in [4.69, 9.17) is 9.84 Å². The Labute approximate surface area is 105 Å². The Bertz CT molecular complexity index is 462. The number of hydrogen-bond acceptors (Lipinski definition) is 4. The van der Waals surface area contributed by atoms with Crippen molar-refractivity contribution >= 4 is 23.3 Å². The van der Waals surface area contributed by atoms with E-state index in [2.05, 4.69) is 4.99 Å². The molecule has 1 aromatic carbocycles. The molecule has 0 radical (unpaired) electrons. The summed E-state index contributed by atoms with van der Waals surface area (Å²) in [5.41, 5.74) is 1.15. The van der Waals surface area contributed by atoms with Crippen molar-refractivity contribution in [2.45, 2.75) is 20.3 Å². The number of carbonyl (C=O) groups is 2. The maximum atomic E-state index is 11.1. The van der Waals surface area contributed by atoms with E-state index in [1.165, 1.54) is 6.92 Å². The summed E-state index contributed by atoms with van der Waals surface area (Å²) < 4.78 is 5.14. The van der Waals surface area contributed by atoms with Crippen LogP contribution in [0.1, 0.15) is 30.6 Å². The second kappa shape index (κ2) is 6.54. The zero-order chi connectivity index (χ0) is 13.5. The SMILES string of the molecule is CCOC(CC(=O)O)=Nc1ccc(C(C)=O)cc1. The monoisotopic (exact) mass is 249 g/mol. The van der Waals surface area contributed by atoms with Crippen molar-refractivity contribution in [1.82, 2.24) is 0 Å². The highest BCUT2D eigenvalue weighted by atomic mass is 16.5. The van der Waals surface area contributed by atoms with Gasteiger partial charge in [0, 0.05) is 5.56 Å². The molecular weight excluding hydrogens is 234 g/mol. The lowest BCUT2D eigenvalue weighted by Gasteiger charge is -2.05. The molecule has 0 saturated heterocycles. The minimum absolute atomic E-state index is 0.0268. The third-order valence-electron chi connectivity index (χ3n) is 2.14. The first-order valence-electron chi connectivity index (χ1n) is 5.56. The molecule has 0 aliphatic rings. The molecule has 0 heterocycles. The van der Waals surface area contributed by atoms with Crippen molar-refractivity contribution in [2.24, 2.45) is 4.99 Å². The number of carboxylic acid groups (broad SMARTS) is 1. The van der Waals surface area contributed by atoms with E-state index in [1.807, 2.05) is 0 Å². The molecule has 1 aromatic rings. The van der Waals surface area contributed by atoms with Crippen LogP contribution in [-0.2, 0) is 9.53 Å². The lowest BCUT2D eigenvalue weighted by molar-refractivity contribution is -0.135. The highest BCUT2D eigenvalue weighted by Gasteiger charge is 2.07. The van der Waals surface area contributed by atoms with Crippen LogP contribution in [0.2, 0.25) is 0 Å². The minimum Gasteiger partial charge on any atom is -0.481 e. The molecule has 1 N–H and O–H groups in total. The molecule has 0 aromatic heterocycles. The van der Waals surface area contributed by atoms with Crippen LogP contribution < -0.4 is 0 Å². The van der Waals surface area contributed by atoms with Crippen LogP contribution in [0, 0.1) is 0 Å². The summed E-state index contributed by atoms with van der Waals surface area (Å²) in [7, 11) is 0. The molecule has 5 heteroatoms. The molecule has 0 fully saturated rings. The highest BCUT2D eigenvalue weighted by Crippen LogP contribution is 2.14. The predicted octanol–water partition coefficient (Wildman–Crippen LogP) is 2.43. The van der Waals surface area contributed by atoms with Crippen molar-refractivity contribution in [1.29, 1.82) is 0 Å². The standard InChI is InChI=1S/C13H15NO4/c1-3-18-12(8-13(16)17)14-11-6-4-10(5-7-11)9(2)15/h4-7H,3,8H2,1-2H3,(H,16,17). The van der Waals surface area contributed by atoms with Crippen molar-refractivity contribution in [3.05, 3.63) is 29.8 Å². The third kappa shape index (κ3) is 4.37. The van der Waals surface area contributed by atoms with Gasteiger partial charge in [0.15, 0.2) is 11.7 Å². The second-order valence-corrected chi connectivity index (χ2v) is 3.61. The lowest BCUT2D eigenvalue weighted by Crippen LogP contribution is -2.10. The molecule has 0 aliphatic heterocycles. The number of carboxylic acids is 1. The number of ether oxygens (including phenoxy) is 1. The largest absolute Gasteiger partial charge is 0.481 e. The molecule has 96 valence electrons. The van der Waals surface area contributed by atoms with E-state index in [-0.39, 0.29) is 18.1 Å². The Balaban J connectivity index is 2.89. The van der Waals surface area contributed by atoms with E-state index in [0.29, 0.717) is 17.9 Å². The van der Waals surface area contributed by atoms with E-state index >= 15 is 0 Å². The van der Waals surface area contributed by atoms with Crippen LogP contribution in [0.5, 0.6) is 0 Å². The lowest BCUT2D eigenvalue weighted by atomic mass is 10.1. The van der Waals surface area contributed by atoms with Gasteiger partial charge < -0.3 is 9.84 Å². The van der Waals surface area contributed by atoms with Crippen LogP contribution in [0.4, 0.5) is 5.69 Å². The molecule has 0 spiro atoms. The Morgan fingerprint density at radius 3 is 2.33 bits per heavy atom. The number of carbonyl (C=O) groups excluding carboxylic acids is 1. The average molecular weight is 249 g/mol. The minimum atomic E-state index is -0.998. The number of aliphatic carboxylic acids is 1. The van der Waals surface area contributed by atoms with Gasteiger partial charge in [0.25, 0.3) is 0 Å². The van der Waals surface area contributed by atoms with Gasteiger partial charge in [0.1, 0.15) is 6.42 Å². The van der Waals surface area contributed by atoms with Crippen LogP contribution in [0.25, 0.3) is 0 Å². The molecule has 18 heavy (non-hydrogen) atoms. The highest BCUT2D eigenvalue weighted by molar-refractivity contribution is 5.96. The summed E-state index contributed by atoms with van der Waals surface area (Å²) in [6, 6.07) is 6.59. The van der Waals surface area contributed by atoms with Gasteiger partial charge in [-0.1, -0.05) is 0 Å². The Kier molecular flexibility index (Phi) is 5.05. The van der Waals surface area contributed by atoms with Gasteiger partial charge in [-0.25, -0.2) is 4.99 Å². The summed E-state index contributed by atoms with van der Waals surface area (Å²) in [4.78, 5) is 25.8. The van der Waals surface area contributed by atoms with Crippen molar-refractivity contribution in [3.63, 3.8) is 0 Å². The first-order valence-corrected chi connectivity index (χ1v) is 5.56. The van der Waals surface area contributed by atoms with Crippen LogP contribution >= 0.6 is 0 Å². The summed E-state index contributed by atoms with van der Waals surface area (Å²) in [5.74, 6) is -0.871. The van der Waals surface area contributed by atoms with Crippen molar-refractivity contribution in [2.75, 3.05) is 6.61 Å². The van der Waals surface area contributed by atoms with Gasteiger partial charge in [0.05, 0.1) is 12.3 Å². The molecule has 0 amide bonds. The van der Waals surface area contributed by atoms with Gasteiger partial charge in [-0.15, -0.1) is 0 Å². The number of benzene rings is 1. The molecule has 5 nitrogen and oxygen atoms in total. The van der Waals surface area contributed by atoms with Crippen LogP contribution in [0.3, 0.4) is 0 Å². The van der Waals surface area contributed by atoms with E-state index < -0.39 is 5.97 Å². The van der Waals surface area contributed by atoms with Gasteiger partial charge in [0.2, 0.25) is 0 Å². The number of hydrogen-bond donors (Lipinski definition) is 1. The third-order valence-corrected chi connectivity index (χ3v) is 2.14. The first kappa shape index (κ1) is 13.9. The van der Waals surface area contributed by atoms with Crippen LogP contribution in [0.15, 0.2) is 29.3 Å². The maximum absolute atomic E-state index is 11.1. The number of Topliss-reactive ketones (excluding diaryl/α,β-unsaturated/α-hetero) is 1. The van der Waals surface area contributed by atoms with E-state index in [0.717, 1.165) is 0 Å². The molecule has 0 aliphatic carbocycles. The van der Waals surface area contributed by atoms with Crippen molar-refractivity contribution in [3.8, 4) is 0 Å². The number of ketones is 1. The van der Waals surface area contributed by atoms with Crippen molar-refractivity contribution < 1.29 is 19.4 Å². The summed E-state index contributed by atoms with van der Waals surface area (Å²) in [5, 5.41) is 8.70. The van der Waals surface area contributed by atoms with Gasteiger partial charge >= 0.3 is 5.97 Å². The van der Waals surface area contributed by atoms with Gasteiger partial charge in [-0.3, -0.25) is 9.59 Å². The first-order chi connectivity index (χ1) is 8.52. The predicted molar refractivity (Wildman–Crippen MR) is 67.4 cm³/mol. The quantitative estimate of drug-likeness (QED) is 0.494. The summed E-state index contributed by atoms with van der Waals surface area (Å²) in [6.45, 7) is 3.60. The fourth-order valence-electron chi connectivity index (χ4n) is 1.33. The van der Waals surface area contributed by atoms with Gasteiger partial charge in [-0.05, 0) is 38.1 Å². The molecule has 1 rings (SSSR count). The fourth-order valence-corrected chi connectivity index (χ4v) is 1.33. The molecular formula is C13H15NO4. The average Bonchev–Trinajstić information content (AvgIpc) is 2.29. The number of rotatable bonds is 5. The fraction of sp³-hybridized carbons (Fsp3) is 0.308. The zero-order valence-corrected chi connectivity index (χ0v) is 10.3. The van der Waals surface area contributed by atoms with E-state index in [1.54, 1.807) is 31.2 Å². The van der Waals surface area contributed by atoms with Gasteiger partial charge in [-0.2, -0.15) is 0 Å². The molecule has 0 bridgehead atoms. The van der Waals surface area contributed by atoms with E-state index in [9.17, 15) is 9.59 Å². The smallest absolute Gasteiger partial charge is 0.312 e. The second-order valence-electron chi connectivity index (χ2n) is 3.61. The normalized spacial score (nSPS) is 11.1. The maximum Gasteiger partial charge on any atom is 0.312 e. The molecule has 0 saturated carbocycles. The zero-order valence-electron chi connectivity index (χ0n) is 10.3. The summed E-state index contributed by atoms with van der Waals surface area (Å²) in [6.07, 6.45) is -0.262. The number of nitrogens with zero attached hydrogens (tertiary/aromatic N) is 1. The number of aliphatic imine (C=N–C) groups is 1. The Morgan fingerprint density at radius 1 is 1.28 bits per heavy atom. The topological polar surface area (TPSA) is 76.0 Å². The molecule has 0 unspecified atom stereocenters. The summed E-state index contributed by atoms with van der Waals surface area (Å²) >= 11 is 0.